The van der Waals surface area contributed by atoms with E-state index in [1.54, 1.807) is 24.3 Å². The zero-order valence-electron chi connectivity index (χ0n) is 11.0. The largest absolute Gasteiger partial charge is 0.497 e. The number of carbonyl (C=O) groups is 1. The van der Waals surface area contributed by atoms with Gasteiger partial charge in [-0.1, -0.05) is 0 Å². The minimum Gasteiger partial charge on any atom is -0.497 e. The molecule has 0 saturated heterocycles. The first-order chi connectivity index (χ1) is 8.97. The van der Waals surface area contributed by atoms with E-state index in [4.69, 9.17) is 19.8 Å². The SMILES string of the molecule is COc1ccc(C=C(C#N)C(=O)O)c(OC(C)C)c1. The van der Waals surface area contributed by atoms with Crippen LogP contribution in [0.3, 0.4) is 0 Å². The van der Waals surface area contributed by atoms with Crippen LogP contribution in [-0.4, -0.2) is 24.3 Å². The Morgan fingerprint density at radius 3 is 2.63 bits per heavy atom. The summed E-state index contributed by atoms with van der Waals surface area (Å²) < 4.78 is 10.7. The van der Waals surface area contributed by atoms with Crippen molar-refractivity contribution in [3.8, 4) is 17.6 Å². The van der Waals surface area contributed by atoms with E-state index in [9.17, 15) is 4.79 Å². The number of carboxylic acids is 1. The van der Waals surface area contributed by atoms with E-state index in [2.05, 4.69) is 0 Å². The number of carboxylic acid groups (broad SMARTS) is 1. The summed E-state index contributed by atoms with van der Waals surface area (Å²) in [6.07, 6.45) is 1.20. The van der Waals surface area contributed by atoms with Gasteiger partial charge in [-0.25, -0.2) is 4.79 Å². The van der Waals surface area contributed by atoms with Crippen molar-refractivity contribution in [1.82, 2.24) is 0 Å². The monoisotopic (exact) mass is 261 g/mol. The number of nitriles is 1. The van der Waals surface area contributed by atoms with E-state index < -0.39 is 5.97 Å². The molecule has 0 atom stereocenters. The maximum atomic E-state index is 10.8. The molecule has 0 saturated carbocycles. The third-order valence-corrected chi connectivity index (χ3v) is 2.23. The lowest BCUT2D eigenvalue weighted by atomic mass is 10.1. The molecule has 0 bridgehead atoms. The molecule has 0 aromatic heterocycles. The molecule has 1 aromatic carbocycles. The Kier molecular flexibility index (Phi) is 4.95. The van der Waals surface area contributed by atoms with Crippen LogP contribution in [-0.2, 0) is 4.79 Å². The van der Waals surface area contributed by atoms with E-state index in [1.165, 1.54) is 13.2 Å². The van der Waals surface area contributed by atoms with Gasteiger partial charge in [0.05, 0.1) is 13.2 Å². The van der Waals surface area contributed by atoms with Crippen molar-refractivity contribution < 1.29 is 19.4 Å². The molecule has 1 rings (SSSR count). The highest BCUT2D eigenvalue weighted by Crippen LogP contribution is 2.27. The van der Waals surface area contributed by atoms with E-state index in [-0.39, 0.29) is 11.7 Å². The predicted octanol–water partition coefficient (Wildman–Crippen LogP) is 2.47. The Balaban J connectivity index is 3.26. The summed E-state index contributed by atoms with van der Waals surface area (Å²) in [5.74, 6) is -0.196. The average Bonchev–Trinajstić information content (AvgIpc) is 2.36. The number of nitrogens with zero attached hydrogens (tertiary/aromatic N) is 1. The number of rotatable bonds is 5. The molecule has 5 heteroatoms. The minimum atomic E-state index is -1.27. The highest BCUT2D eigenvalue weighted by molar-refractivity contribution is 5.96. The van der Waals surface area contributed by atoms with Crippen LogP contribution in [0, 0.1) is 11.3 Å². The molecule has 5 nitrogen and oxygen atoms in total. The van der Waals surface area contributed by atoms with E-state index in [0.29, 0.717) is 17.1 Å². The third kappa shape index (κ3) is 4.03. The van der Waals surface area contributed by atoms with Crippen molar-refractivity contribution in [3.63, 3.8) is 0 Å². The van der Waals surface area contributed by atoms with Crippen molar-refractivity contribution in [2.75, 3.05) is 7.11 Å². The Bertz CT molecular complexity index is 541. The van der Waals surface area contributed by atoms with Crippen LogP contribution in [0.15, 0.2) is 23.8 Å². The smallest absolute Gasteiger partial charge is 0.346 e. The number of hydrogen-bond donors (Lipinski definition) is 1. The summed E-state index contributed by atoms with van der Waals surface area (Å²) in [4.78, 5) is 10.8. The molecule has 1 aromatic rings. The standard InChI is InChI=1S/C14H15NO4/c1-9(2)19-13-7-12(18-3)5-4-10(13)6-11(8-15)14(16)17/h4-7,9H,1-3H3,(H,16,17). The van der Waals surface area contributed by atoms with E-state index >= 15 is 0 Å². The van der Waals surface area contributed by atoms with Crippen molar-refractivity contribution in [2.45, 2.75) is 20.0 Å². The molecule has 0 aliphatic carbocycles. The molecule has 0 radical (unpaired) electrons. The van der Waals surface area contributed by atoms with Gasteiger partial charge in [-0.3, -0.25) is 0 Å². The van der Waals surface area contributed by atoms with Gasteiger partial charge in [-0.2, -0.15) is 5.26 Å². The lowest BCUT2D eigenvalue weighted by Gasteiger charge is -2.13. The third-order valence-electron chi connectivity index (χ3n) is 2.23. The van der Waals surface area contributed by atoms with E-state index in [1.807, 2.05) is 13.8 Å². The molecule has 0 heterocycles. The molecule has 19 heavy (non-hydrogen) atoms. The zero-order valence-corrected chi connectivity index (χ0v) is 11.0. The first-order valence-corrected chi connectivity index (χ1v) is 5.67. The van der Waals surface area contributed by atoms with Crippen molar-refractivity contribution in [2.24, 2.45) is 0 Å². The molecule has 0 aliphatic rings. The number of aliphatic carboxylic acids is 1. The summed E-state index contributed by atoms with van der Waals surface area (Å²) >= 11 is 0. The molecular weight excluding hydrogens is 246 g/mol. The first kappa shape index (κ1) is 14.6. The summed E-state index contributed by atoms with van der Waals surface area (Å²) in [6.45, 7) is 3.71. The summed E-state index contributed by atoms with van der Waals surface area (Å²) in [7, 11) is 1.53. The highest BCUT2D eigenvalue weighted by Gasteiger charge is 2.11. The Morgan fingerprint density at radius 2 is 2.16 bits per heavy atom. The van der Waals surface area contributed by atoms with Crippen molar-refractivity contribution in [1.29, 1.82) is 5.26 Å². The van der Waals surface area contributed by atoms with Gasteiger partial charge in [0.25, 0.3) is 0 Å². The molecule has 0 fully saturated rings. The second kappa shape index (κ2) is 6.45. The fourth-order valence-electron chi connectivity index (χ4n) is 1.41. The van der Waals surface area contributed by atoms with Crippen LogP contribution in [0.5, 0.6) is 11.5 Å². The molecule has 100 valence electrons. The maximum absolute atomic E-state index is 10.8. The lowest BCUT2D eigenvalue weighted by molar-refractivity contribution is -0.132. The van der Waals surface area contributed by atoms with Crippen LogP contribution in [0.2, 0.25) is 0 Å². The van der Waals surface area contributed by atoms with Gasteiger partial charge in [-0.05, 0) is 32.1 Å². The molecule has 0 spiro atoms. The molecular formula is C14H15NO4. The van der Waals surface area contributed by atoms with Crippen LogP contribution < -0.4 is 9.47 Å². The summed E-state index contributed by atoms with van der Waals surface area (Å²) in [6, 6.07) is 6.62. The Morgan fingerprint density at radius 1 is 1.47 bits per heavy atom. The molecule has 0 aliphatic heterocycles. The predicted molar refractivity (Wildman–Crippen MR) is 70.0 cm³/mol. The number of hydrogen-bond acceptors (Lipinski definition) is 4. The van der Waals surface area contributed by atoms with Crippen LogP contribution >= 0.6 is 0 Å². The van der Waals surface area contributed by atoms with Crippen molar-refractivity contribution in [3.05, 3.63) is 29.3 Å². The van der Waals surface area contributed by atoms with E-state index in [0.717, 1.165) is 0 Å². The fraction of sp³-hybridized carbons (Fsp3) is 0.286. The first-order valence-electron chi connectivity index (χ1n) is 5.67. The lowest BCUT2D eigenvalue weighted by Crippen LogP contribution is -2.07. The Labute approximate surface area is 111 Å². The molecule has 0 unspecified atom stereocenters. The number of ether oxygens (including phenoxy) is 2. The van der Waals surface area contributed by atoms with Gasteiger partial charge in [0, 0.05) is 11.6 Å². The quantitative estimate of drug-likeness (QED) is 0.650. The second-order valence-electron chi connectivity index (χ2n) is 4.05. The average molecular weight is 261 g/mol. The van der Waals surface area contributed by atoms with Gasteiger partial charge in [0.2, 0.25) is 0 Å². The number of benzene rings is 1. The highest BCUT2D eigenvalue weighted by atomic mass is 16.5. The minimum absolute atomic E-state index is 0.0744. The molecule has 1 N–H and O–H groups in total. The maximum Gasteiger partial charge on any atom is 0.346 e. The fourth-order valence-corrected chi connectivity index (χ4v) is 1.41. The second-order valence-corrected chi connectivity index (χ2v) is 4.05. The van der Waals surface area contributed by atoms with Gasteiger partial charge in [0.1, 0.15) is 23.1 Å². The van der Waals surface area contributed by atoms with Gasteiger partial charge < -0.3 is 14.6 Å². The topological polar surface area (TPSA) is 79.5 Å². The summed E-state index contributed by atoms with van der Waals surface area (Å²) in [5.41, 5.74) is 0.173. The zero-order chi connectivity index (χ0) is 14.4. The summed E-state index contributed by atoms with van der Waals surface area (Å²) in [5, 5.41) is 17.6. The number of methoxy groups -OCH3 is 1. The molecule has 0 amide bonds. The van der Waals surface area contributed by atoms with Crippen LogP contribution in [0.4, 0.5) is 0 Å². The van der Waals surface area contributed by atoms with Crippen molar-refractivity contribution >= 4 is 12.0 Å². The van der Waals surface area contributed by atoms with Crippen LogP contribution in [0.1, 0.15) is 19.4 Å². The van der Waals surface area contributed by atoms with Gasteiger partial charge >= 0.3 is 5.97 Å². The normalized spacial score (nSPS) is 11.0. The Hall–Kier alpha value is -2.48. The van der Waals surface area contributed by atoms with Crippen LogP contribution in [0.25, 0.3) is 6.08 Å². The van der Waals surface area contributed by atoms with Gasteiger partial charge in [0.15, 0.2) is 0 Å². The van der Waals surface area contributed by atoms with Gasteiger partial charge in [-0.15, -0.1) is 0 Å².